The first-order valence-electron chi connectivity index (χ1n) is 12.2. The molecule has 0 unspecified atom stereocenters. The van der Waals surface area contributed by atoms with E-state index in [2.05, 4.69) is 65.1 Å². The summed E-state index contributed by atoms with van der Waals surface area (Å²) in [4.78, 5) is 2.42. The van der Waals surface area contributed by atoms with E-state index in [0.29, 0.717) is 39.2 Å². The molecule has 37 heavy (non-hydrogen) atoms. The van der Waals surface area contributed by atoms with Gasteiger partial charge in [0.15, 0.2) is 0 Å². The summed E-state index contributed by atoms with van der Waals surface area (Å²) in [5, 5.41) is 13.1. The fourth-order valence-electron chi connectivity index (χ4n) is 5.09. The summed E-state index contributed by atoms with van der Waals surface area (Å²) >= 11 is 13.3. The molecule has 4 aromatic rings. The van der Waals surface area contributed by atoms with Gasteiger partial charge < -0.3 is 19.7 Å². The summed E-state index contributed by atoms with van der Waals surface area (Å²) in [5.41, 5.74) is 6.22. The molecule has 0 spiro atoms. The molecule has 5 rings (SSSR count). The molecule has 2 heterocycles. The number of halogens is 2. The van der Waals surface area contributed by atoms with Crippen molar-refractivity contribution < 1.29 is 9.47 Å². The van der Waals surface area contributed by atoms with Gasteiger partial charge in [0.05, 0.1) is 35.5 Å². The second-order valence-corrected chi connectivity index (χ2v) is 10.3. The van der Waals surface area contributed by atoms with Crippen molar-refractivity contribution >= 4 is 45.4 Å². The Morgan fingerprint density at radius 3 is 2.16 bits per heavy atom. The monoisotopic (exact) mass is 536 g/mol. The van der Waals surface area contributed by atoms with Crippen LogP contribution in [-0.2, 0) is 0 Å². The van der Waals surface area contributed by atoms with Crippen molar-refractivity contribution in [1.29, 1.82) is 0 Å². The summed E-state index contributed by atoms with van der Waals surface area (Å²) in [6, 6.07) is 17.1. The lowest BCUT2D eigenvalue weighted by atomic mass is 9.98. The minimum atomic E-state index is 0.421. The van der Waals surface area contributed by atoms with Crippen LogP contribution in [0.4, 0.5) is 5.69 Å². The highest BCUT2D eigenvalue weighted by Crippen LogP contribution is 2.46. The molecule has 0 radical (unpaired) electrons. The molecule has 6 nitrogen and oxygen atoms in total. The second kappa shape index (κ2) is 10.3. The minimum absolute atomic E-state index is 0.421. The molecular formula is C29H30Cl2N4O2. The van der Waals surface area contributed by atoms with Gasteiger partial charge in [0.25, 0.3) is 0 Å². The molecule has 0 saturated carbocycles. The van der Waals surface area contributed by atoms with Crippen molar-refractivity contribution in [3.8, 4) is 22.6 Å². The maximum atomic E-state index is 6.64. The number of nitrogens with zero attached hydrogens (tertiary/aromatic N) is 2. The highest BCUT2D eigenvalue weighted by molar-refractivity contribution is 6.41. The lowest BCUT2D eigenvalue weighted by molar-refractivity contribution is 0.395. The molecule has 1 aromatic heterocycles. The first kappa shape index (κ1) is 25.5. The number of hydrogen-bond donors (Lipinski definition) is 2. The molecule has 2 atom stereocenters. The quantitative estimate of drug-likeness (QED) is 0.283. The van der Waals surface area contributed by atoms with Crippen LogP contribution in [0.3, 0.4) is 0 Å². The van der Waals surface area contributed by atoms with E-state index in [4.69, 9.17) is 32.7 Å². The van der Waals surface area contributed by atoms with E-state index in [1.807, 2.05) is 18.2 Å². The predicted molar refractivity (Wildman–Crippen MR) is 154 cm³/mol. The van der Waals surface area contributed by atoms with Crippen LogP contribution in [0, 0.1) is 0 Å². The zero-order valence-electron chi connectivity index (χ0n) is 21.4. The summed E-state index contributed by atoms with van der Waals surface area (Å²) in [6.45, 7) is 10.8. The Kier molecular flexibility index (Phi) is 7.08. The number of aromatic amines is 1. The van der Waals surface area contributed by atoms with E-state index in [0.717, 1.165) is 46.4 Å². The van der Waals surface area contributed by atoms with Gasteiger partial charge in [0.2, 0.25) is 0 Å². The Balaban J connectivity index is 1.45. The highest BCUT2D eigenvalue weighted by Gasteiger charge is 2.22. The summed E-state index contributed by atoms with van der Waals surface area (Å²) < 4.78 is 10.9. The van der Waals surface area contributed by atoms with Crippen molar-refractivity contribution in [3.63, 3.8) is 0 Å². The number of ether oxygens (including phenoxy) is 2. The fourth-order valence-corrected chi connectivity index (χ4v) is 5.81. The molecule has 0 amide bonds. The number of piperazine rings is 1. The summed E-state index contributed by atoms with van der Waals surface area (Å²) in [6.07, 6.45) is 0. The van der Waals surface area contributed by atoms with E-state index in [9.17, 15) is 0 Å². The van der Waals surface area contributed by atoms with Crippen molar-refractivity contribution in [2.24, 2.45) is 0 Å². The first-order valence-corrected chi connectivity index (χ1v) is 13.0. The van der Waals surface area contributed by atoms with Gasteiger partial charge in [-0.25, -0.2) is 0 Å². The van der Waals surface area contributed by atoms with Crippen LogP contribution in [-0.4, -0.2) is 49.6 Å². The van der Waals surface area contributed by atoms with Crippen molar-refractivity contribution in [2.45, 2.75) is 25.9 Å². The lowest BCUT2D eigenvalue weighted by Gasteiger charge is -2.37. The SMILES string of the molecule is C=C(c1ccc(N2C[C@@H](C)N[C@@H](C)C2)cc1)c1n[nH]c2cc(-c3c(Cl)c(OC)cc(OC)c3Cl)ccc12. The average Bonchev–Trinajstić information content (AvgIpc) is 3.31. The van der Waals surface area contributed by atoms with Gasteiger partial charge >= 0.3 is 0 Å². The Hall–Kier alpha value is -3.19. The number of rotatable bonds is 6. The normalized spacial score (nSPS) is 17.7. The van der Waals surface area contributed by atoms with Crippen LogP contribution in [0.2, 0.25) is 10.0 Å². The second-order valence-electron chi connectivity index (χ2n) is 9.52. The van der Waals surface area contributed by atoms with Gasteiger partial charge in [0, 0.05) is 53.4 Å². The van der Waals surface area contributed by atoms with Gasteiger partial charge in [0.1, 0.15) is 11.5 Å². The zero-order chi connectivity index (χ0) is 26.3. The molecule has 0 aliphatic carbocycles. The van der Waals surface area contributed by atoms with E-state index < -0.39 is 0 Å². The molecule has 8 heteroatoms. The van der Waals surface area contributed by atoms with Crippen LogP contribution < -0.4 is 19.7 Å². The topological polar surface area (TPSA) is 62.4 Å². The van der Waals surface area contributed by atoms with E-state index in [1.54, 1.807) is 20.3 Å². The fraction of sp³-hybridized carbons (Fsp3) is 0.276. The molecule has 1 fully saturated rings. The Morgan fingerprint density at radius 2 is 1.57 bits per heavy atom. The van der Waals surface area contributed by atoms with Crippen LogP contribution in [0.15, 0.2) is 55.1 Å². The van der Waals surface area contributed by atoms with Crippen molar-refractivity contribution in [2.75, 3.05) is 32.2 Å². The minimum Gasteiger partial charge on any atom is -0.495 e. The number of hydrogen-bond acceptors (Lipinski definition) is 5. The third kappa shape index (κ3) is 4.77. The van der Waals surface area contributed by atoms with Crippen LogP contribution in [0.25, 0.3) is 27.6 Å². The maximum absolute atomic E-state index is 6.64. The van der Waals surface area contributed by atoms with E-state index in [1.165, 1.54) is 5.69 Å². The van der Waals surface area contributed by atoms with Crippen LogP contribution >= 0.6 is 23.2 Å². The Bertz CT molecular complexity index is 1430. The molecule has 3 aromatic carbocycles. The van der Waals surface area contributed by atoms with Gasteiger partial charge in [-0.2, -0.15) is 5.10 Å². The first-order chi connectivity index (χ1) is 17.8. The molecular weight excluding hydrogens is 507 g/mol. The number of benzene rings is 3. The summed E-state index contributed by atoms with van der Waals surface area (Å²) in [5.74, 6) is 0.981. The largest absolute Gasteiger partial charge is 0.495 e. The number of fused-ring (bicyclic) bond motifs is 1. The zero-order valence-corrected chi connectivity index (χ0v) is 22.9. The maximum Gasteiger partial charge on any atom is 0.141 e. The van der Waals surface area contributed by atoms with Crippen molar-refractivity contribution in [3.05, 3.63) is 76.4 Å². The molecule has 0 bridgehead atoms. The van der Waals surface area contributed by atoms with E-state index in [-0.39, 0.29) is 0 Å². The number of methoxy groups -OCH3 is 2. The number of aromatic nitrogens is 2. The summed E-state index contributed by atoms with van der Waals surface area (Å²) in [7, 11) is 3.12. The molecule has 192 valence electrons. The van der Waals surface area contributed by atoms with Gasteiger partial charge in [-0.15, -0.1) is 0 Å². The third-order valence-electron chi connectivity index (χ3n) is 6.85. The highest BCUT2D eigenvalue weighted by atomic mass is 35.5. The number of nitrogens with one attached hydrogen (secondary N) is 2. The Labute approximate surface area is 227 Å². The van der Waals surface area contributed by atoms with Gasteiger partial charge in [-0.05, 0) is 49.2 Å². The molecule has 2 N–H and O–H groups in total. The van der Waals surface area contributed by atoms with E-state index >= 15 is 0 Å². The van der Waals surface area contributed by atoms with Gasteiger partial charge in [-0.1, -0.05) is 48.0 Å². The average molecular weight is 537 g/mol. The standard InChI is InChI=1S/C29H30Cl2N4O2/c1-16-14-35(15-17(2)32-16)21-9-6-19(7-10-21)18(3)29-22-11-8-20(12-23(22)33-34-29)26-27(30)24(36-4)13-25(37-5)28(26)31/h6-13,16-17,32H,3,14-15H2,1-2,4-5H3,(H,33,34)/t16-,17+. The number of H-pyrrole nitrogens is 1. The van der Waals surface area contributed by atoms with Gasteiger partial charge in [-0.3, -0.25) is 5.10 Å². The smallest absolute Gasteiger partial charge is 0.141 e. The Morgan fingerprint density at radius 1 is 0.946 bits per heavy atom. The molecule has 1 aliphatic rings. The predicted octanol–water partition coefficient (Wildman–Crippen LogP) is 6.80. The molecule has 1 saturated heterocycles. The molecule has 1 aliphatic heterocycles. The lowest BCUT2D eigenvalue weighted by Crippen LogP contribution is -2.54. The van der Waals surface area contributed by atoms with Crippen LogP contribution in [0.1, 0.15) is 25.1 Å². The van der Waals surface area contributed by atoms with Crippen LogP contribution in [0.5, 0.6) is 11.5 Å². The van der Waals surface area contributed by atoms with Crippen molar-refractivity contribution in [1.82, 2.24) is 15.5 Å². The number of anilines is 1. The third-order valence-corrected chi connectivity index (χ3v) is 7.60.